The summed E-state index contributed by atoms with van der Waals surface area (Å²) in [5.41, 5.74) is 2.16. The Hall–Kier alpha value is -2.30. The number of hydrogen-bond acceptors (Lipinski definition) is 1. The average Bonchev–Trinajstić information content (AvgIpc) is 2.52. The van der Waals surface area contributed by atoms with Crippen molar-refractivity contribution in [2.75, 3.05) is 0 Å². The molecule has 102 valence electrons. The van der Waals surface area contributed by atoms with Crippen LogP contribution in [-0.4, -0.2) is 0 Å². The van der Waals surface area contributed by atoms with Crippen LogP contribution in [0.4, 0.5) is 0 Å². The molecule has 0 aromatic heterocycles. The van der Waals surface area contributed by atoms with Gasteiger partial charge in [-0.15, -0.1) is 0 Å². The number of nitrogens with zero attached hydrogens (tertiary/aromatic N) is 1. The molecule has 1 unspecified atom stereocenters. The highest BCUT2D eigenvalue weighted by molar-refractivity contribution is 6.30. The Morgan fingerprint density at radius 3 is 2.52 bits per heavy atom. The summed E-state index contributed by atoms with van der Waals surface area (Å²) < 4.78 is 0. The fourth-order valence-electron chi connectivity index (χ4n) is 2.65. The molecule has 0 fully saturated rings. The quantitative estimate of drug-likeness (QED) is 0.638. The number of benzene rings is 3. The molecule has 0 saturated carbocycles. The second-order valence-electron chi connectivity index (χ2n) is 5.08. The topological polar surface area (TPSA) is 23.8 Å². The minimum atomic E-state index is -0.186. The summed E-state index contributed by atoms with van der Waals surface area (Å²) in [7, 11) is 0. The first-order valence-electron chi connectivity index (χ1n) is 6.89. The molecule has 1 nitrogen and oxygen atoms in total. The van der Waals surface area contributed by atoms with E-state index in [0.29, 0.717) is 11.4 Å². The monoisotopic (exact) mass is 291 g/mol. The van der Waals surface area contributed by atoms with E-state index in [1.165, 1.54) is 16.3 Å². The molecule has 0 bridgehead atoms. The Morgan fingerprint density at radius 2 is 1.71 bits per heavy atom. The summed E-state index contributed by atoms with van der Waals surface area (Å²) in [4.78, 5) is 0. The molecule has 0 N–H and O–H groups in total. The standard InChI is InChI=1S/C19H14ClN/c20-18-9-4-7-15(12-18)17(13-21)11-16-8-3-6-14-5-1-2-10-19(14)16/h1-10,12,17H,11H2. The van der Waals surface area contributed by atoms with E-state index in [0.717, 1.165) is 5.56 Å². The van der Waals surface area contributed by atoms with Crippen LogP contribution in [0, 0.1) is 11.3 Å². The van der Waals surface area contributed by atoms with E-state index < -0.39 is 0 Å². The molecule has 3 aromatic rings. The fraction of sp³-hybridized carbons (Fsp3) is 0.105. The van der Waals surface area contributed by atoms with E-state index >= 15 is 0 Å². The van der Waals surface area contributed by atoms with E-state index in [1.807, 2.05) is 42.5 Å². The van der Waals surface area contributed by atoms with E-state index in [-0.39, 0.29) is 5.92 Å². The molecule has 1 atom stereocenters. The first-order valence-corrected chi connectivity index (χ1v) is 7.27. The second kappa shape index (κ2) is 5.99. The Kier molecular flexibility index (Phi) is 3.90. The highest BCUT2D eigenvalue weighted by Gasteiger charge is 2.13. The SMILES string of the molecule is N#CC(Cc1cccc2ccccc12)c1cccc(Cl)c1. The van der Waals surface area contributed by atoms with Gasteiger partial charge in [-0.25, -0.2) is 0 Å². The summed E-state index contributed by atoms with van der Waals surface area (Å²) in [6, 6.07) is 24.5. The van der Waals surface area contributed by atoms with Crippen LogP contribution in [0.5, 0.6) is 0 Å². The van der Waals surface area contributed by atoms with E-state index in [1.54, 1.807) is 0 Å². The molecule has 0 saturated heterocycles. The van der Waals surface area contributed by atoms with E-state index in [4.69, 9.17) is 11.6 Å². The number of rotatable bonds is 3. The van der Waals surface area contributed by atoms with Gasteiger partial charge in [-0.05, 0) is 40.5 Å². The molecule has 0 heterocycles. The predicted octanol–water partition coefficient (Wildman–Crippen LogP) is 5.34. The number of nitriles is 1. The molecule has 0 radical (unpaired) electrons. The zero-order valence-electron chi connectivity index (χ0n) is 11.5. The maximum Gasteiger partial charge on any atom is 0.0753 e. The van der Waals surface area contributed by atoms with Crippen LogP contribution >= 0.6 is 11.6 Å². The van der Waals surface area contributed by atoms with Gasteiger partial charge in [0.05, 0.1) is 12.0 Å². The molecule has 3 rings (SSSR count). The molecular formula is C19H14ClN. The van der Waals surface area contributed by atoms with Crippen molar-refractivity contribution in [1.82, 2.24) is 0 Å². The molecular weight excluding hydrogens is 278 g/mol. The molecule has 0 aliphatic heterocycles. The average molecular weight is 292 g/mol. The van der Waals surface area contributed by atoms with Crippen molar-refractivity contribution >= 4 is 22.4 Å². The van der Waals surface area contributed by atoms with Crippen LogP contribution < -0.4 is 0 Å². The van der Waals surface area contributed by atoms with Gasteiger partial charge < -0.3 is 0 Å². The fourth-order valence-corrected chi connectivity index (χ4v) is 2.85. The highest BCUT2D eigenvalue weighted by Crippen LogP contribution is 2.27. The van der Waals surface area contributed by atoms with Crippen molar-refractivity contribution in [3.63, 3.8) is 0 Å². The summed E-state index contributed by atoms with van der Waals surface area (Å²) in [6.45, 7) is 0. The van der Waals surface area contributed by atoms with Crippen molar-refractivity contribution in [1.29, 1.82) is 5.26 Å². The number of fused-ring (bicyclic) bond motifs is 1. The van der Waals surface area contributed by atoms with Gasteiger partial charge in [0.2, 0.25) is 0 Å². The third-order valence-corrected chi connectivity index (χ3v) is 3.95. The van der Waals surface area contributed by atoms with Crippen molar-refractivity contribution in [3.05, 3.63) is 82.9 Å². The van der Waals surface area contributed by atoms with Gasteiger partial charge in [0.1, 0.15) is 0 Å². The van der Waals surface area contributed by atoms with Gasteiger partial charge in [0.15, 0.2) is 0 Å². The zero-order chi connectivity index (χ0) is 14.7. The smallest absolute Gasteiger partial charge is 0.0753 e. The Balaban J connectivity index is 1.99. The molecule has 2 heteroatoms. The van der Waals surface area contributed by atoms with Gasteiger partial charge in [-0.1, -0.05) is 66.2 Å². The minimum absolute atomic E-state index is 0.186. The van der Waals surface area contributed by atoms with E-state index in [9.17, 15) is 5.26 Å². The van der Waals surface area contributed by atoms with E-state index in [2.05, 4.69) is 30.3 Å². The normalized spacial score (nSPS) is 12.0. The second-order valence-corrected chi connectivity index (χ2v) is 5.52. The maximum absolute atomic E-state index is 9.51. The predicted molar refractivity (Wildman–Crippen MR) is 87.5 cm³/mol. The van der Waals surface area contributed by atoms with Gasteiger partial charge in [-0.2, -0.15) is 5.26 Å². The number of hydrogen-bond donors (Lipinski definition) is 0. The minimum Gasteiger partial charge on any atom is -0.198 e. The summed E-state index contributed by atoms with van der Waals surface area (Å²) in [5.74, 6) is -0.186. The van der Waals surface area contributed by atoms with Crippen LogP contribution in [-0.2, 0) is 6.42 Å². The molecule has 3 aromatic carbocycles. The van der Waals surface area contributed by atoms with Gasteiger partial charge in [-0.3, -0.25) is 0 Å². The van der Waals surface area contributed by atoms with Crippen molar-refractivity contribution < 1.29 is 0 Å². The largest absolute Gasteiger partial charge is 0.198 e. The zero-order valence-corrected chi connectivity index (χ0v) is 12.2. The molecule has 0 amide bonds. The maximum atomic E-state index is 9.51. The Morgan fingerprint density at radius 1 is 0.952 bits per heavy atom. The van der Waals surface area contributed by atoms with Crippen LogP contribution in [0.1, 0.15) is 17.0 Å². The molecule has 0 aliphatic rings. The molecule has 0 aliphatic carbocycles. The Bertz CT molecular complexity index is 812. The Labute approximate surface area is 129 Å². The lowest BCUT2D eigenvalue weighted by Gasteiger charge is -2.12. The van der Waals surface area contributed by atoms with Gasteiger partial charge in [0.25, 0.3) is 0 Å². The third kappa shape index (κ3) is 2.91. The van der Waals surface area contributed by atoms with Crippen molar-refractivity contribution in [3.8, 4) is 6.07 Å². The van der Waals surface area contributed by atoms with Gasteiger partial charge in [0, 0.05) is 5.02 Å². The van der Waals surface area contributed by atoms with Crippen LogP contribution in [0.25, 0.3) is 10.8 Å². The van der Waals surface area contributed by atoms with Crippen molar-refractivity contribution in [2.24, 2.45) is 0 Å². The highest BCUT2D eigenvalue weighted by atomic mass is 35.5. The molecule has 0 spiro atoms. The van der Waals surface area contributed by atoms with Crippen molar-refractivity contribution in [2.45, 2.75) is 12.3 Å². The number of halogens is 1. The first-order chi connectivity index (χ1) is 10.3. The summed E-state index contributed by atoms with van der Waals surface area (Å²) in [5, 5.41) is 12.6. The first kappa shape index (κ1) is 13.7. The van der Waals surface area contributed by atoms with Crippen LogP contribution in [0.3, 0.4) is 0 Å². The van der Waals surface area contributed by atoms with Gasteiger partial charge >= 0.3 is 0 Å². The summed E-state index contributed by atoms with van der Waals surface area (Å²) >= 11 is 6.03. The molecule has 21 heavy (non-hydrogen) atoms. The third-order valence-electron chi connectivity index (χ3n) is 3.71. The van der Waals surface area contributed by atoms with Crippen LogP contribution in [0.15, 0.2) is 66.7 Å². The summed E-state index contributed by atoms with van der Waals surface area (Å²) in [6.07, 6.45) is 0.693. The van der Waals surface area contributed by atoms with Crippen LogP contribution in [0.2, 0.25) is 5.02 Å². The lowest BCUT2D eigenvalue weighted by atomic mass is 9.91. The lowest BCUT2D eigenvalue weighted by molar-refractivity contribution is 0.855. The lowest BCUT2D eigenvalue weighted by Crippen LogP contribution is -2.01.